The molecule has 0 aliphatic heterocycles. The van der Waals surface area contributed by atoms with Crippen molar-refractivity contribution in [3.8, 4) is 0 Å². The molecule has 0 saturated heterocycles. The van der Waals surface area contributed by atoms with Gasteiger partial charge in [-0.15, -0.1) is 0 Å². The molecule has 0 unspecified atom stereocenters. The lowest BCUT2D eigenvalue weighted by Gasteiger charge is -2.28. The van der Waals surface area contributed by atoms with Gasteiger partial charge in [-0.2, -0.15) is 0 Å². The van der Waals surface area contributed by atoms with Gasteiger partial charge in [0.2, 0.25) is 0 Å². The quantitative estimate of drug-likeness (QED) is 0.265. The fourth-order valence-corrected chi connectivity index (χ4v) is 5.32. The molecular weight excluding hydrogens is 355 g/mol. The molecular formula is C23H33O3P. The predicted molar refractivity (Wildman–Crippen MR) is 113 cm³/mol. The summed E-state index contributed by atoms with van der Waals surface area (Å²) in [4.78, 5) is 0. The first kappa shape index (κ1) is 21.9. The average Bonchev–Trinajstić information content (AvgIpc) is 2.71. The van der Waals surface area contributed by atoms with Gasteiger partial charge in [-0.25, -0.2) is 0 Å². The van der Waals surface area contributed by atoms with Crippen molar-refractivity contribution in [3.63, 3.8) is 0 Å². The van der Waals surface area contributed by atoms with Crippen molar-refractivity contribution < 1.29 is 13.6 Å². The summed E-state index contributed by atoms with van der Waals surface area (Å²) in [5, 5.41) is 0. The third-order valence-electron chi connectivity index (χ3n) is 4.59. The molecule has 0 aliphatic rings. The zero-order valence-electron chi connectivity index (χ0n) is 16.7. The molecule has 27 heavy (non-hydrogen) atoms. The minimum Gasteiger partial charge on any atom is -0.308 e. The summed E-state index contributed by atoms with van der Waals surface area (Å²) in [6.45, 7) is 5.24. The average molecular weight is 388 g/mol. The van der Waals surface area contributed by atoms with Crippen LogP contribution in [0, 0.1) is 0 Å². The van der Waals surface area contributed by atoms with Gasteiger partial charge in [0.25, 0.3) is 0 Å². The molecule has 0 aromatic heterocycles. The van der Waals surface area contributed by atoms with Crippen LogP contribution in [0.5, 0.6) is 0 Å². The molecule has 0 bridgehead atoms. The Kier molecular flexibility index (Phi) is 9.83. The third-order valence-corrected chi connectivity index (χ3v) is 6.90. The van der Waals surface area contributed by atoms with E-state index in [0.29, 0.717) is 13.2 Å². The van der Waals surface area contributed by atoms with Gasteiger partial charge < -0.3 is 9.05 Å². The molecule has 0 fully saturated rings. The van der Waals surface area contributed by atoms with Crippen molar-refractivity contribution in [2.24, 2.45) is 0 Å². The topological polar surface area (TPSA) is 35.5 Å². The van der Waals surface area contributed by atoms with E-state index in [0.717, 1.165) is 49.7 Å². The second-order valence-electron chi connectivity index (χ2n) is 6.84. The Morgan fingerprint density at radius 3 is 1.48 bits per heavy atom. The van der Waals surface area contributed by atoms with E-state index in [1.54, 1.807) is 0 Å². The molecule has 148 valence electrons. The van der Waals surface area contributed by atoms with Crippen molar-refractivity contribution in [1.29, 1.82) is 0 Å². The summed E-state index contributed by atoms with van der Waals surface area (Å²) in [5.74, 6) is 0. The molecule has 0 heterocycles. The molecule has 0 atom stereocenters. The largest absolute Gasteiger partial charge is 0.342 e. The van der Waals surface area contributed by atoms with Crippen LogP contribution in [0.3, 0.4) is 0 Å². The van der Waals surface area contributed by atoms with Gasteiger partial charge in [-0.05, 0) is 24.0 Å². The van der Waals surface area contributed by atoms with Gasteiger partial charge in [-0.3, -0.25) is 4.57 Å². The van der Waals surface area contributed by atoms with Crippen LogP contribution in [0.15, 0.2) is 60.7 Å². The number of unbranched alkanes of at least 4 members (excludes halogenated alkanes) is 4. The predicted octanol–water partition coefficient (Wildman–Crippen LogP) is 7.38. The third kappa shape index (κ3) is 6.92. The highest BCUT2D eigenvalue weighted by Crippen LogP contribution is 2.63. The van der Waals surface area contributed by atoms with E-state index in [1.807, 2.05) is 60.7 Å². The lowest BCUT2D eigenvalue weighted by Crippen LogP contribution is -2.10. The Bertz CT molecular complexity index is 617. The SMILES string of the molecule is CCCCCOP(=O)(OCCCCC)C(c1ccccc1)c1ccccc1. The Morgan fingerprint density at radius 1 is 0.704 bits per heavy atom. The highest BCUT2D eigenvalue weighted by molar-refractivity contribution is 7.54. The Hall–Kier alpha value is -1.41. The van der Waals surface area contributed by atoms with Crippen LogP contribution in [-0.4, -0.2) is 13.2 Å². The van der Waals surface area contributed by atoms with Gasteiger partial charge in [0, 0.05) is 0 Å². The van der Waals surface area contributed by atoms with E-state index in [4.69, 9.17) is 9.05 Å². The van der Waals surface area contributed by atoms with E-state index in [1.165, 1.54) is 0 Å². The summed E-state index contributed by atoms with van der Waals surface area (Å²) in [6, 6.07) is 19.9. The van der Waals surface area contributed by atoms with E-state index >= 15 is 0 Å². The minimum atomic E-state index is -3.35. The van der Waals surface area contributed by atoms with Gasteiger partial charge in [-0.1, -0.05) is 100 Å². The monoisotopic (exact) mass is 388 g/mol. The first-order valence-electron chi connectivity index (χ1n) is 10.2. The number of benzene rings is 2. The summed E-state index contributed by atoms with van der Waals surface area (Å²) in [7, 11) is -3.35. The second-order valence-corrected chi connectivity index (χ2v) is 8.96. The van der Waals surface area contributed by atoms with Crippen molar-refractivity contribution in [3.05, 3.63) is 71.8 Å². The fourth-order valence-electron chi connectivity index (χ4n) is 3.10. The molecule has 0 amide bonds. The molecule has 0 spiro atoms. The molecule has 4 heteroatoms. The Morgan fingerprint density at radius 2 is 1.11 bits per heavy atom. The molecule has 0 saturated carbocycles. The number of rotatable bonds is 13. The van der Waals surface area contributed by atoms with Crippen LogP contribution in [-0.2, 0) is 13.6 Å². The summed E-state index contributed by atoms with van der Waals surface area (Å²) in [5.41, 5.74) is 1.54. The maximum atomic E-state index is 14.0. The first-order valence-corrected chi connectivity index (χ1v) is 11.8. The Labute approximate surface area is 164 Å². The molecule has 2 aromatic carbocycles. The normalized spacial score (nSPS) is 11.8. The van der Waals surface area contributed by atoms with Crippen LogP contribution >= 0.6 is 7.60 Å². The summed E-state index contributed by atoms with van der Waals surface area (Å²) in [6.07, 6.45) is 6.14. The maximum Gasteiger partial charge on any atom is 0.342 e. The summed E-state index contributed by atoms with van der Waals surface area (Å²) < 4.78 is 26.0. The molecule has 0 N–H and O–H groups in total. The van der Waals surface area contributed by atoms with Gasteiger partial charge in [0.1, 0.15) is 5.66 Å². The van der Waals surface area contributed by atoms with Crippen molar-refractivity contribution in [2.45, 2.75) is 58.0 Å². The molecule has 0 radical (unpaired) electrons. The smallest absolute Gasteiger partial charge is 0.308 e. The zero-order valence-corrected chi connectivity index (χ0v) is 17.6. The zero-order chi connectivity index (χ0) is 19.4. The van der Waals surface area contributed by atoms with Gasteiger partial charge >= 0.3 is 7.60 Å². The van der Waals surface area contributed by atoms with E-state index < -0.39 is 13.3 Å². The van der Waals surface area contributed by atoms with Crippen molar-refractivity contribution in [2.75, 3.05) is 13.2 Å². The van der Waals surface area contributed by atoms with Gasteiger partial charge in [0.15, 0.2) is 0 Å². The minimum absolute atomic E-state index is 0.400. The maximum absolute atomic E-state index is 14.0. The first-order chi connectivity index (χ1) is 13.2. The molecule has 3 nitrogen and oxygen atoms in total. The molecule has 2 aromatic rings. The van der Waals surface area contributed by atoms with Crippen LogP contribution in [0.2, 0.25) is 0 Å². The lowest BCUT2D eigenvalue weighted by atomic mass is 10.0. The fraction of sp³-hybridized carbons (Fsp3) is 0.478. The van der Waals surface area contributed by atoms with Crippen LogP contribution in [0.25, 0.3) is 0 Å². The highest BCUT2D eigenvalue weighted by atomic mass is 31.2. The van der Waals surface area contributed by atoms with E-state index in [2.05, 4.69) is 13.8 Å². The second kappa shape index (κ2) is 12.1. The van der Waals surface area contributed by atoms with Crippen LogP contribution in [0.4, 0.5) is 0 Å². The van der Waals surface area contributed by atoms with E-state index in [9.17, 15) is 4.57 Å². The van der Waals surface area contributed by atoms with Crippen LogP contribution in [0.1, 0.15) is 69.2 Å². The lowest BCUT2D eigenvalue weighted by molar-refractivity contribution is 0.193. The number of hydrogen-bond donors (Lipinski definition) is 0. The van der Waals surface area contributed by atoms with Gasteiger partial charge in [0.05, 0.1) is 13.2 Å². The van der Waals surface area contributed by atoms with Crippen LogP contribution < -0.4 is 0 Å². The Balaban J connectivity index is 2.31. The van der Waals surface area contributed by atoms with E-state index in [-0.39, 0.29) is 0 Å². The molecule has 2 rings (SSSR count). The highest BCUT2D eigenvalue weighted by Gasteiger charge is 2.38. The molecule has 0 aliphatic carbocycles. The van der Waals surface area contributed by atoms with Crippen molar-refractivity contribution >= 4 is 7.60 Å². The number of hydrogen-bond acceptors (Lipinski definition) is 3. The standard InChI is InChI=1S/C23H33O3P/c1-3-5-13-19-25-27(24,26-20-14-6-4-2)23(21-15-9-7-10-16-21)22-17-11-8-12-18-22/h7-12,15-18,23H,3-6,13-14,19-20H2,1-2H3. The summed E-state index contributed by atoms with van der Waals surface area (Å²) >= 11 is 0. The van der Waals surface area contributed by atoms with Crippen molar-refractivity contribution in [1.82, 2.24) is 0 Å².